The average molecular weight is 537 g/mol. The zero-order chi connectivity index (χ0) is 26.4. The fourth-order valence-electron chi connectivity index (χ4n) is 3.69. The van der Waals surface area contributed by atoms with Gasteiger partial charge in [0.05, 0.1) is 33.4 Å². The molecule has 0 spiro atoms. The molecule has 1 amide bonds. The lowest BCUT2D eigenvalue weighted by molar-refractivity contribution is 0.0160. The second kappa shape index (κ2) is 9.44. The van der Waals surface area contributed by atoms with Gasteiger partial charge in [-0.3, -0.25) is 19.1 Å². The summed E-state index contributed by atoms with van der Waals surface area (Å²) in [5.74, 6) is -5.14. The molecule has 12 heteroatoms. The molecule has 0 fully saturated rings. The molecule has 2 heterocycles. The predicted molar refractivity (Wildman–Crippen MR) is 130 cm³/mol. The number of hydrogen-bond acceptors (Lipinski definition) is 5. The molecule has 2 aromatic heterocycles. The number of anilines is 1. The summed E-state index contributed by atoms with van der Waals surface area (Å²) >= 11 is 11.8. The number of fused-ring (bicyclic) bond motifs is 1. The van der Waals surface area contributed by atoms with Crippen LogP contribution in [0.4, 0.5) is 18.9 Å². The minimum absolute atomic E-state index is 0.0380. The number of pyridine rings is 1. The largest absolute Gasteiger partial charge is 0.505 e. The molecule has 4 rings (SSSR count). The van der Waals surface area contributed by atoms with E-state index in [-0.39, 0.29) is 55.8 Å². The fourth-order valence-corrected chi connectivity index (χ4v) is 4.18. The number of nitrogens with zero attached hydrogens (tertiary/aromatic N) is 3. The van der Waals surface area contributed by atoms with E-state index in [2.05, 4.69) is 15.3 Å². The average Bonchev–Trinajstić information content (AvgIpc) is 2.81. The van der Waals surface area contributed by atoms with Crippen molar-refractivity contribution in [3.8, 4) is 5.75 Å². The lowest BCUT2D eigenvalue weighted by Gasteiger charge is -2.17. The summed E-state index contributed by atoms with van der Waals surface area (Å²) < 4.78 is 43.9. The highest BCUT2D eigenvalue weighted by molar-refractivity contribution is 6.37. The van der Waals surface area contributed by atoms with E-state index in [1.54, 1.807) is 0 Å². The van der Waals surface area contributed by atoms with E-state index in [9.17, 15) is 27.9 Å². The highest BCUT2D eigenvalue weighted by atomic mass is 35.5. The van der Waals surface area contributed by atoms with Crippen LogP contribution >= 0.6 is 23.2 Å². The minimum atomic E-state index is -3.22. The summed E-state index contributed by atoms with van der Waals surface area (Å²) in [5, 5.41) is 11.6. The molecule has 186 valence electrons. The van der Waals surface area contributed by atoms with Crippen LogP contribution in [0.3, 0.4) is 0 Å². The second-order valence-corrected chi connectivity index (χ2v) is 8.81. The Bertz CT molecular complexity index is 1560. The lowest BCUT2D eigenvalue weighted by Crippen LogP contribution is -2.27. The first-order valence-electron chi connectivity index (χ1n) is 10.4. The number of nitrogens with one attached hydrogen (secondary N) is 1. The maximum Gasteiger partial charge on any atom is 0.272 e. The number of carbonyl (C=O) groups excluding carboxylic acids is 1. The van der Waals surface area contributed by atoms with E-state index in [0.717, 1.165) is 22.8 Å². The van der Waals surface area contributed by atoms with Gasteiger partial charge in [-0.1, -0.05) is 23.2 Å². The van der Waals surface area contributed by atoms with Gasteiger partial charge in [0.25, 0.3) is 17.4 Å². The third-order valence-corrected chi connectivity index (χ3v) is 6.03. The number of amides is 1. The number of alkyl halides is 2. The van der Waals surface area contributed by atoms with Crippen molar-refractivity contribution in [1.29, 1.82) is 0 Å². The van der Waals surface area contributed by atoms with Crippen molar-refractivity contribution in [3.63, 3.8) is 0 Å². The first-order valence-corrected chi connectivity index (χ1v) is 11.1. The molecule has 2 N–H and O–H groups in total. The molecule has 0 aliphatic carbocycles. The number of aryl methyl sites for hydroxylation is 1. The number of aromatic nitrogens is 3. The first-order chi connectivity index (χ1) is 16.9. The summed E-state index contributed by atoms with van der Waals surface area (Å²) in [6.45, 7) is 1.78. The van der Waals surface area contributed by atoms with Crippen molar-refractivity contribution >= 4 is 45.7 Å². The molecule has 2 aromatic carbocycles. The number of hydrogen-bond donors (Lipinski definition) is 2. The van der Waals surface area contributed by atoms with E-state index in [1.807, 2.05) is 0 Å². The highest BCUT2D eigenvalue weighted by Gasteiger charge is 2.29. The van der Waals surface area contributed by atoms with Gasteiger partial charge in [0.15, 0.2) is 5.75 Å². The number of phenols is 1. The van der Waals surface area contributed by atoms with Crippen LogP contribution in [-0.4, -0.2) is 25.5 Å². The number of benzene rings is 2. The van der Waals surface area contributed by atoms with Crippen LogP contribution < -0.4 is 10.9 Å². The molecule has 7 nitrogen and oxygen atoms in total. The van der Waals surface area contributed by atoms with Gasteiger partial charge in [-0.15, -0.1) is 0 Å². The molecule has 0 unspecified atom stereocenters. The molecule has 0 saturated heterocycles. The number of rotatable bonds is 5. The van der Waals surface area contributed by atoms with Gasteiger partial charge in [-0.25, -0.2) is 18.2 Å². The summed E-state index contributed by atoms with van der Waals surface area (Å²) in [4.78, 5) is 34.5. The van der Waals surface area contributed by atoms with E-state index >= 15 is 0 Å². The lowest BCUT2D eigenvalue weighted by atomic mass is 10.1. The first kappa shape index (κ1) is 25.5. The molecular weight excluding hydrogens is 520 g/mol. The van der Waals surface area contributed by atoms with Crippen LogP contribution in [0.5, 0.6) is 5.75 Å². The third-order valence-electron chi connectivity index (χ3n) is 5.45. The number of phenolic OH excluding ortho intramolecular Hbond substituents is 1. The monoisotopic (exact) mass is 536 g/mol. The number of carbonyl (C=O) groups is 1. The topological polar surface area (TPSA) is 97.1 Å². The van der Waals surface area contributed by atoms with Crippen molar-refractivity contribution in [3.05, 3.63) is 91.5 Å². The van der Waals surface area contributed by atoms with Gasteiger partial charge in [-0.05, 0) is 43.3 Å². The van der Waals surface area contributed by atoms with E-state index in [4.69, 9.17) is 23.2 Å². The Morgan fingerprint density at radius 3 is 2.50 bits per heavy atom. The van der Waals surface area contributed by atoms with E-state index in [0.29, 0.717) is 6.92 Å². The van der Waals surface area contributed by atoms with Gasteiger partial charge in [-0.2, -0.15) is 0 Å². The minimum Gasteiger partial charge on any atom is -0.505 e. The Kier molecular flexibility index (Phi) is 6.68. The Morgan fingerprint density at radius 2 is 1.86 bits per heavy atom. The zero-order valence-electron chi connectivity index (χ0n) is 18.7. The molecule has 0 saturated carbocycles. The van der Waals surface area contributed by atoms with Crippen LogP contribution in [0.2, 0.25) is 10.0 Å². The zero-order valence-corrected chi connectivity index (χ0v) is 20.3. The quantitative estimate of drug-likeness (QED) is 0.342. The SMILES string of the molecule is Cc1nc2c(F)ccc(NC(=O)c3cc(Cl)c(O)c(Cl)c3)c2c(=O)n1Cc1ncccc1C(C)(F)F. The van der Waals surface area contributed by atoms with Crippen LogP contribution in [0.15, 0.2) is 47.4 Å². The molecule has 0 atom stereocenters. The van der Waals surface area contributed by atoms with Crippen LogP contribution in [-0.2, 0) is 12.5 Å². The Hall–Kier alpha value is -3.63. The van der Waals surface area contributed by atoms with E-state index in [1.165, 1.54) is 31.3 Å². The van der Waals surface area contributed by atoms with Gasteiger partial charge in [0, 0.05) is 24.2 Å². The summed E-state index contributed by atoms with van der Waals surface area (Å²) in [5.41, 5.74) is -1.63. The molecule has 4 aromatic rings. The summed E-state index contributed by atoms with van der Waals surface area (Å²) in [6, 6.07) is 7.09. The van der Waals surface area contributed by atoms with Gasteiger partial charge in [0.2, 0.25) is 0 Å². The normalized spacial score (nSPS) is 11.6. The molecule has 36 heavy (non-hydrogen) atoms. The van der Waals surface area contributed by atoms with E-state index < -0.39 is 29.0 Å². The van der Waals surface area contributed by atoms with Crippen molar-refractivity contribution in [1.82, 2.24) is 14.5 Å². The molecular formula is C24H17Cl2F3N4O3. The maximum atomic E-state index is 14.6. The Balaban J connectivity index is 1.83. The van der Waals surface area contributed by atoms with Gasteiger partial charge >= 0.3 is 0 Å². The van der Waals surface area contributed by atoms with Crippen molar-refractivity contribution < 1.29 is 23.1 Å². The second-order valence-electron chi connectivity index (χ2n) is 8.00. The number of aromatic hydroxyl groups is 1. The van der Waals surface area contributed by atoms with Crippen molar-refractivity contribution in [2.45, 2.75) is 26.3 Å². The fraction of sp³-hybridized carbons (Fsp3) is 0.167. The smallest absolute Gasteiger partial charge is 0.272 e. The van der Waals surface area contributed by atoms with Gasteiger partial charge < -0.3 is 10.4 Å². The van der Waals surface area contributed by atoms with Crippen molar-refractivity contribution in [2.75, 3.05) is 5.32 Å². The Labute approximate surface area is 212 Å². The third kappa shape index (κ3) is 4.74. The highest BCUT2D eigenvalue weighted by Crippen LogP contribution is 2.33. The standard InChI is InChI=1S/C24H17Cl2F3N4O3/c1-11-31-20-16(27)5-6-17(32-22(35)12-8-14(25)21(34)15(26)9-12)19(20)23(36)33(11)10-18-13(24(2,28)29)4-3-7-30-18/h3-9,34H,10H2,1-2H3,(H,32,35). The predicted octanol–water partition coefficient (Wildman–Crippen LogP) is 5.66. The van der Waals surface area contributed by atoms with Crippen LogP contribution in [0.25, 0.3) is 10.9 Å². The summed E-state index contributed by atoms with van der Waals surface area (Å²) in [6.07, 6.45) is 1.32. The molecule has 0 radical (unpaired) electrons. The van der Waals surface area contributed by atoms with Crippen LogP contribution in [0.1, 0.15) is 34.4 Å². The molecule has 0 bridgehead atoms. The van der Waals surface area contributed by atoms with Crippen molar-refractivity contribution in [2.24, 2.45) is 0 Å². The molecule has 0 aliphatic heterocycles. The Morgan fingerprint density at radius 1 is 1.19 bits per heavy atom. The summed E-state index contributed by atoms with van der Waals surface area (Å²) in [7, 11) is 0. The van der Waals surface area contributed by atoms with Gasteiger partial charge in [0.1, 0.15) is 17.2 Å². The molecule has 0 aliphatic rings. The maximum absolute atomic E-state index is 14.6. The number of halogens is 5. The van der Waals surface area contributed by atoms with Crippen LogP contribution in [0, 0.1) is 12.7 Å².